The Hall–Kier alpha value is -3.53. The van der Waals surface area contributed by atoms with Gasteiger partial charge in [0, 0.05) is 12.5 Å². The summed E-state index contributed by atoms with van der Waals surface area (Å²) in [5, 5.41) is 5.69. The fourth-order valence-electron chi connectivity index (χ4n) is 4.66. The molecule has 0 aliphatic rings. The molecule has 2 aromatic carbocycles. The molecule has 2 rings (SSSR count). The molecule has 0 radical (unpaired) electrons. The molecule has 10 heteroatoms. The van der Waals surface area contributed by atoms with E-state index in [4.69, 9.17) is 9.47 Å². The Balaban J connectivity index is 2.57. The van der Waals surface area contributed by atoms with Crippen molar-refractivity contribution in [2.75, 3.05) is 12.0 Å². The number of alkyl carbamates (subject to hydrolysis) is 1. The van der Waals surface area contributed by atoms with Crippen LogP contribution in [0.15, 0.2) is 60.7 Å². The summed E-state index contributed by atoms with van der Waals surface area (Å²) in [7, 11) is 0. The molecule has 0 saturated heterocycles. The van der Waals surface area contributed by atoms with E-state index in [1.54, 1.807) is 77.6 Å². The van der Waals surface area contributed by atoms with Crippen molar-refractivity contribution in [3.8, 4) is 0 Å². The lowest BCUT2D eigenvalue weighted by Gasteiger charge is -2.38. The number of carbonyl (C=O) groups excluding carboxylic acids is 4. The van der Waals surface area contributed by atoms with Gasteiger partial charge >= 0.3 is 12.1 Å². The molecule has 0 aliphatic heterocycles. The number of ether oxygens (including phenoxy) is 2. The van der Waals surface area contributed by atoms with Crippen LogP contribution in [0.2, 0.25) is 0 Å². The lowest BCUT2D eigenvalue weighted by atomic mass is 9.98. The highest BCUT2D eigenvalue weighted by atomic mass is 32.2. The average molecular weight is 642 g/mol. The molecule has 4 atom stereocenters. The van der Waals surface area contributed by atoms with Crippen LogP contribution in [-0.4, -0.2) is 70.1 Å². The van der Waals surface area contributed by atoms with Crippen molar-refractivity contribution in [2.24, 2.45) is 0 Å². The van der Waals surface area contributed by atoms with Crippen molar-refractivity contribution in [2.45, 2.75) is 110 Å². The molecule has 4 unspecified atom stereocenters. The van der Waals surface area contributed by atoms with E-state index in [0.717, 1.165) is 5.56 Å². The third-order valence-corrected chi connectivity index (χ3v) is 7.50. The topological polar surface area (TPSA) is 114 Å². The summed E-state index contributed by atoms with van der Waals surface area (Å²) in [5.74, 6) is -0.911. The number of hydrogen-bond donors (Lipinski definition) is 2. The molecule has 3 amide bonds. The van der Waals surface area contributed by atoms with E-state index in [1.165, 1.54) is 4.90 Å². The number of nitrogens with zero attached hydrogens (tertiary/aromatic N) is 1. The molecule has 0 fully saturated rings. The van der Waals surface area contributed by atoms with Crippen LogP contribution in [0.4, 0.5) is 4.79 Å². The predicted molar refractivity (Wildman–Crippen MR) is 180 cm³/mol. The number of hydrogen-bond acceptors (Lipinski definition) is 7. The monoisotopic (exact) mass is 641 g/mol. The standard InChI is InChI=1S/C35H51N3O6S/c1-10-24(2)38(31(40)27(21-22-45-9)37-33(42)44-35(6,7)8)29(26-19-15-12-16-20-26)30(39)36-28(32(41)43-34(3,4)5)23-25-17-13-11-14-18-25/h11-20,24,27-29H,10,21-23H2,1-9H3,(H,36,39)(H,37,42). The first-order valence-corrected chi connectivity index (χ1v) is 16.9. The summed E-state index contributed by atoms with van der Waals surface area (Å²) in [6, 6.07) is 14.9. The van der Waals surface area contributed by atoms with Crippen molar-refractivity contribution < 1.29 is 28.7 Å². The van der Waals surface area contributed by atoms with Crippen LogP contribution in [0, 0.1) is 0 Å². The first-order chi connectivity index (χ1) is 21.1. The van der Waals surface area contributed by atoms with E-state index < -0.39 is 53.2 Å². The van der Waals surface area contributed by atoms with Crippen LogP contribution < -0.4 is 10.6 Å². The van der Waals surface area contributed by atoms with Gasteiger partial charge in [-0.15, -0.1) is 0 Å². The fraction of sp³-hybridized carbons (Fsp3) is 0.543. The van der Waals surface area contributed by atoms with Crippen molar-refractivity contribution >= 4 is 35.6 Å². The molecule has 2 aromatic rings. The number of carbonyl (C=O) groups is 4. The first kappa shape index (κ1) is 37.7. The molecule has 0 saturated carbocycles. The highest BCUT2D eigenvalue weighted by Gasteiger charge is 2.40. The van der Waals surface area contributed by atoms with Gasteiger partial charge < -0.3 is 25.0 Å². The van der Waals surface area contributed by atoms with Gasteiger partial charge in [-0.25, -0.2) is 9.59 Å². The molecular formula is C35H51N3O6S. The largest absolute Gasteiger partial charge is 0.458 e. The summed E-state index contributed by atoms with van der Waals surface area (Å²) in [4.78, 5) is 56.6. The third kappa shape index (κ3) is 12.8. The van der Waals surface area contributed by atoms with Crippen LogP contribution >= 0.6 is 11.8 Å². The number of esters is 1. The minimum atomic E-state index is -1.09. The normalized spacial score (nSPS) is 14.3. The van der Waals surface area contributed by atoms with Crippen LogP contribution in [0.25, 0.3) is 0 Å². The average Bonchev–Trinajstić information content (AvgIpc) is 2.96. The van der Waals surface area contributed by atoms with Crippen molar-refractivity contribution in [1.82, 2.24) is 15.5 Å². The van der Waals surface area contributed by atoms with Gasteiger partial charge in [0.1, 0.15) is 29.3 Å². The van der Waals surface area contributed by atoms with Gasteiger partial charge in [-0.1, -0.05) is 67.6 Å². The SMILES string of the molecule is CCC(C)N(C(=O)C(CCSC)NC(=O)OC(C)(C)C)C(C(=O)NC(Cc1ccccc1)C(=O)OC(C)(C)C)c1ccccc1. The Bertz CT molecular complexity index is 1240. The number of amides is 3. The number of nitrogens with one attached hydrogen (secondary N) is 2. The van der Waals surface area contributed by atoms with E-state index in [-0.39, 0.29) is 12.5 Å². The summed E-state index contributed by atoms with van der Waals surface area (Å²) in [6.07, 6.45) is 2.30. The van der Waals surface area contributed by atoms with E-state index in [0.29, 0.717) is 24.2 Å². The zero-order valence-corrected chi connectivity index (χ0v) is 29.0. The minimum Gasteiger partial charge on any atom is -0.458 e. The van der Waals surface area contributed by atoms with Crippen molar-refractivity contribution in [3.05, 3.63) is 71.8 Å². The maximum atomic E-state index is 14.4. The zero-order chi connectivity index (χ0) is 33.8. The predicted octanol–water partition coefficient (Wildman–Crippen LogP) is 6.07. The Morgan fingerprint density at radius 1 is 0.822 bits per heavy atom. The van der Waals surface area contributed by atoms with Gasteiger partial charge in [-0.2, -0.15) is 11.8 Å². The Labute approximate surface area is 273 Å². The lowest BCUT2D eigenvalue weighted by molar-refractivity contribution is -0.159. The van der Waals surface area contributed by atoms with Gasteiger partial charge in [0.2, 0.25) is 11.8 Å². The minimum absolute atomic E-state index is 0.205. The second-order valence-corrected chi connectivity index (χ2v) is 14.1. The highest BCUT2D eigenvalue weighted by Crippen LogP contribution is 2.27. The van der Waals surface area contributed by atoms with Gasteiger partial charge in [0.15, 0.2) is 0 Å². The van der Waals surface area contributed by atoms with Crippen LogP contribution in [0.5, 0.6) is 0 Å². The molecule has 0 spiro atoms. The van der Waals surface area contributed by atoms with E-state index in [1.807, 2.05) is 56.5 Å². The Morgan fingerprint density at radius 3 is 1.89 bits per heavy atom. The fourth-order valence-corrected chi connectivity index (χ4v) is 5.13. The molecule has 248 valence electrons. The zero-order valence-electron chi connectivity index (χ0n) is 28.2. The molecular weight excluding hydrogens is 590 g/mol. The van der Waals surface area contributed by atoms with Gasteiger partial charge in [-0.05, 0) is 84.4 Å². The van der Waals surface area contributed by atoms with Crippen molar-refractivity contribution in [1.29, 1.82) is 0 Å². The smallest absolute Gasteiger partial charge is 0.408 e. The molecule has 0 aromatic heterocycles. The second-order valence-electron chi connectivity index (χ2n) is 13.1. The summed E-state index contributed by atoms with van der Waals surface area (Å²) < 4.78 is 11.2. The number of benzene rings is 2. The summed E-state index contributed by atoms with van der Waals surface area (Å²) in [6.45, 7) is 14.4. The van der Waals surface area contributed by atoms with Crippen LogP contribution in [0.3, 0.4) is 0 Å². The van der Waals surface area contributed by atoms with Gasteiger partial charge in [0.25, 0.3) is 0 Å². The second kappa shape index (κ2) is 17.2. The van der Waals surface area contributed by atoms with Crippen LogP contribution in [-0.2, 0) is 30.3 Å². The molecule has 2 N–H and O–H groups in total. The van der Waals surface area contributed by atoms with E-state index >= 15 is 0 Å². The Kier molecular flexibility index (Phi) is 14.4. The van der Waals surface area contributed by atoms with Crippen LogP contribution in [0.1, 0.15) is 85.4 Å². The highest BCUT2D eigenvalue weighted by molar-refractivity contribution is 7.98. The lowest BCUT2D eigenvalue weighted by Crippen LogP contribution is -2.57. The molecule has 0 aliphatic carbocycles. The van der Waals surface area contributed by atoms with Crippen molar-refractivity contribution in [3.63, 3.8) is 0 Å². The molecule has 45 heavy (non-hydrogen) atoms. The molecule has 0 heterocycles. The molecule has 0 bridgehead atoms. The summed E-state index contributed by atoms with van der Waals surface area (Å²) in [5.41, 5.74) is -0.104. The third-order valence-electron chi connectivity index (χ3n) is 6.85. The quantitative estimate of drug-likeness (QED) is 0.241. The van der Waals surface area contributed by atoms with Gasteiger partial charge in [0.05, 0.1) is 0 Å². The number of rotatable bonds is 14. The maximum absolute atomic E-state index is 14.4. The van der Waals surface area contributed by atoms with E-state index in [9.17, 15) is 19.2 Å². The number of thioether (sulfide) groups is 1. The first-order valence-electron chi connectivity index (χ1n) is 15.5. The van der Waals surface area contributed by atoms with E-state index in [2.05, 4.69) is 10.6 Å². The van der Waals surface area contributed by atoms with Gasteiger partial charge in [-0.3, -0.25) is 9.59 Å². The Morgan fingerprint density at radius 2 is 1.38 bits per heavy atom. The summed E-state index contributed by atoms with van der Waals surface area (Å²) >= 11 is 1.55. The maximum Gasteiger partial charge on any atom is 0.408 e. The molecule has 9 nitrogen and oxygen atoms in total.